The minimum absolute atomic E-state index is 0.0998. The van der Waals surface area contributed by atoms with Gasteiger partial charge in [0.2, 0.25) is 5.82 Å². The summed E-state index contributed by atoms with van der Waals surface area (Å²) in [5.41, 5.74) is 6.27. The van der Waals surface area contributed by atoms with E-state index in [0.717, 1.165) is 72.3 Å². The Labute approximate surface area is 193 Å². The Morgan fingerprint density at radius 3 is 2.48 bits per heavy atom. The van der Waals surface area contributed by atoms with E-state index in [9.17, 15) is 4.79 Å². The van der Waals surface area contributed by atoms with Crippen LogP contribution in [-0.2, 0) is 19.5 Å². The number of pyridine rings is 1. The van der Waals surface area contributed by atoms with Crippen molar-refractivity contribution in [3.05, 3.63) is 70.2 Å². The first-order chi connectivity index (χ1) is 16.1. The lowest BCUT2D eigenvalue weighted by atomic mass is 10.0. The molecule has 0 aliphatic heterocycles. The van der Waals surface area contributed by atoms with Crippen LogP contribution in [0.3, 0.4) is 0 Å². The minimum Gasteiger partial charge on any atom is -0.296 e. The van der Waals surface area contributed by atoms with E-state index < -0.39 is 0 Å². The van der Waals surface area contributed by atoms with Crippen LogP contribution in [0.5, 0.6) is 0 Å². The first kappa shape index (κ1) is 22.6. The van der Waals surface area contributed by atoms with Gasteiger partial charge in [0.25, 0.3) is 0 Å². The van der Waals surface area contributed by atoms with Gasteiger partial charge in [0.15, 0.2) is 0 Å². The zero-order chi connectivity index (χ0) is 23.2. The molecule has 0 spiro atoms. The molecule has 0 aliphatic carbocycles. The zero-order valence-electron chi connectivity index (χ0n) is 19.6. The summed E-state index contributed by atoms with van der Waals surface area (Å²) in [6, 6.07) is 10.2. The van der Waals surface area contributed by atoms with Crippen molar-refractivity contribution in [3.8, 4) is 22.5 Å². The molecule has 0 saturated carbocycles. The van der Waals surface area contributed by atoms with E-state index in [4.69, 9.17) is 0 Å². The maximum Gasteiger partial charge on any atom is 0.328 e. The third kappa shape index (κ3) is 4.79. The lowest BCUT2D eigenvalue weighted by Gasteiger charge is -2.10. The molecule has 4 rings (SSSR count). The Kier molecular flexibility index (Phi) is 7.12. The molecule has 172 valence electrons. The molecule has 3 heterocycles. The second kappa shape index (κ2) is 10.4. The van der Waals surface area contributed by atoms with E-state index in [1.54, 1.807) is 6.20 Å². The fourth-order valence-electron chi connectivity index (χ4n) is 4.32. The number of tetrazole rings is 1. The van der Waals surface area contributed by atoms with Gasteiger partial charge in [-0.25, -0.2) is 4.79 Å². The molecule has 1 aromatic carbocycles. The predicted molar refractivity (Wildman–Crippen MR) is 129 cm³/mol. The van der Waals surface area contributed by atoms with Gasteiger partial charge in [0.1, 0.15) is 0 Å². The molecule has 0 amide bonds. The number of unbranched alkanes of at least 4 members (excludes halogenated alkanes) is 2. The average Bonchev–Trinajstić information content (AvgIpc) is 3.45. The van der Waals surface area contributed by atoms with Gasteiger partial charge in [-0.15, -0.1) is 10.2 Å². The molecule has 8 nitrogen and oxygen atoms in total. The van der Waals surface area contributed by atoms with Crippen molar-refractivity contribution in [3.63, 3.8) is 0 Å². The molecule has 0 atom stereocenters. The molecule has 0 radical (unpaired) electrons. The van der Waals surface area contributed by atoms with Gasteiger partial charge >= 0.3 is 5.69 Å². The second-order valence-corrected chi connectivity index (χ2v) is 8.36. The quantitative estimate of drug-likeness (QED) is 0.365. The smallest absolute Gasteiger partial charge is 0.296 e. The third-order valence-corrected chi connectivity index (χ3v) is 6.10. The van der Waals surface area contributed by atoms with E-state index in [1.165, 1.54) is 0 Å². The maximum atomic E-state index is 13.2. The summed E-state index contributed by atoms with van der Waals surface area (Å²) in [7, 11) is 0. The summed E-state index contributed by atoms with van der Waals surface area (Å²) >= 11 is 0. The fourth-order valence-corrected chi connectivity index (χ4v) is 4.32. The van der Waals surface area contributed by atoms with Crippen molar-refractivity contribution in [2.45, 2.75) is 66.0 Å². The highest BCUT2D eigenvalue weighted by atomic mass is 16.1. The molecule has 4 aromatic rings. The van der Waals surface area contributed by atoms with Crippen LogP contribution in [0.2, 0.25) is 0 Å². The molecule has 0 bridgehead atoms. The summed E-state index contributed by atoms with van der Waals surface area (Å²) < 4.78 is 3.91. The minimum atomic E-state index is 0.0998. The number of hydrogen-bond acceptors (Lipinski definition) is 5. The van der Waals surface area contributed by atoms with Crippen molar-refractivity contribution in [1.29, 1.82) is 0 Å². The average molecular weight is 446 g/mol. The van der Waals surface area contributed by atoms with Crippen molar-refractivity contribution < 1.29 is 0 Å². The van der Waals surface area contributed by atoms with Crippen molar-refractivity contribution in [2.75, 3.05) is 0 Å². The first-order valence-corrected chi connectivity index (χ1v) is 11.7. The van der Waals surface area contributed by atoms with Gasteiger partial charge in [-0.2, -0.15) is 5.21 Å². The summed E-state index contributed by atoms with van der Waals surface area (Å²) in [6.07, 6.45) is 8.77. The summed E-state index contributed by atoms with van der Waals surface area (Å²) in [5, 5.41) is 14.4. The van der Waals surface area contributed by atoms with Crippen molar-refractivity contribution >= 4 is 0 Å². The van der Waals surface area contributed by atoms with Crippen LogP contribution in [0.4, 0.5) is 0 Å². The molecule has 0 unspecified atom stereocenters. The molecule has 0 aliphatic rings. The summed E-state index contributed by atoms with van der Waals surface area (Å²) in [5.74, 6) is 0.534. The Balaban J connectivity index is 1.62. The van der Waals surface area contributed by atoms with Crippen molar-refractivity contribution in [2.24, 2.45) is 0 Å². The highest BCUT2D eigenvalue weighted by Crippen LogP contribution is 2.29. The Morgan fingerprint density at radius 1 is 0.970 bits per heavy atom. The van der Waals surface area contributed by atoms with E-state index in [0.29, 0.717) is 12.4 Å². The predicted octanol–water partition coefficient (Wildman–Crippen LogP) is 4.39. The number of rotatable bonds is 10. The van der Waals surface area contributed by atoms with Crippen LogP contribution >= 0.6 is 0 Å². The van der Waals surface area contributed by atoms with Gasteiger partial charge in [0, 0.05) is 41.5 Å². The van der Waals surface area contributed by atoms with Crippen LogP contribution in [0.1, 0.15) is 56.5 Å². The van der Waals surface area contributed by atoms with Gasteiger partial charge in [-0.1, -0.05) is 57.4 Å². The Morgan fingerprint density at radius 2 is 1.79 bits per heavy atom. The SMILES string of the molecule is CCCCCn1c(C)c(CCC)n(Cc2ccc(-c3cnccc3-c3nn[nH]n3)cc2)c1=O. The highest BCUT2D eigenvalue weighted by molar-refractivity contribution is 5.79. The molecule has 0 saturated heterocycles. The number of aromatic nitrogens is 7. The highest BCUT2D eigenvalue weighted by Gasteiger charge is 2.17. The first-order valence-electron chi connectivity index (χ1n) is 11.7. The zero-order valence-corrected chi connectivity index (χ0v) is 19.6. The lowest BCUT2D eigenvalue weighted by Crippen LogP contribution is -2.26. The van der Waals surface area contributed by atoms with E-state index in [1.807, 2.05) is 21.4 Å². The number of hydrogen-bond donors (Lipinski definition) is 1. The van der Waals surface area contributed by atoms with Gasteiger partial charge < -0.3 is 0 Å². The molecule has 1 N–H and O–H groups in total. The second-order valence-electron chi connectivity index (χ2n) is 8.36. The molecular weight excluding hydrogens is 414 g/mol. The molecule has 3 aromatic heterocycles. The molecule has 8 heteroatoms. The van der Waals surface area contributed by atoms with Crippen molar-refractivity contribution in [1.82, 2.24) is 34.7 Å². The number of benzene rings is 1. The van der Waals surface area contributed by atoms with Crippen LogP contribution in [-0.4, -0.2) is 34.7 Å². The van der Waals surface area contributed by atoms with Crippen LogP contribution in [0.25, 0.3) is 22.5 Å². The topological polar surface area (TPSA) is 94.3 Å². The maximum absolute atomic E-state index is 13.2. The van der Waals surface area contributed by atoms with Crippen LogP contribution < -0.4 is 5.69 Å². The van der Waals surface area contributed by atoms with Crippen LogP contribution in [0, 0.1) is 6.92 Å². The summed E-state index contributed by atoms with van der Waals surface area (Å²) in [6.45, 7) is 7.79. The van der Waals surface area contributed by atoms with Gasteiger partial charge in [0.05, 0.1) is 6.54 Å². The van der Waals surface area contributed by atoms with E-state index in [2.05, 4.69) is 70.6 Å². The number of aromatic amines is 1. The number of nitrogens with zero attached hydrogens (tertiary/aromatic N) is 6. The molecule has 33 heavy (non-hydrogen) atoms. The standard InChI is InChI=1S/C25H31N7O/c1-4-6-7-15-31-18(3)23(8-5-2)32(25(31)33)17-19-9-11-20(12-10-19)22-16-26-14-13-21(22)24-27-29-30-28-24/h9-14,16H,4-8,15,17H2,1-3H3,(H,27,28,29,30). The van der Waals surface area contributed by atoms with Crippen LogP contribution in [0.15, 0.2) is 47.5 Å². The largest absolute Gasteiger partial charge is 0.328 e. The van der Waals surface area contributed by atoms with Gasteiger partial charge in [-0.05, 0) is 42.2 Å². The number of nitrogens with one attached hydrogen (secondary N) is 1. The molecular formula is C25H31N7O. The Bertz CT molecular complexity index is 1240. The number of H-pyrrole nitrogens is 1. The normalized spacial score (nSPS) is 11.2. The third-order valence-electron chi connectivity index (χ3n) is 6.10. The fraction of sp³-hybridized carbons (Fsp3) is 0.400. The van der Waals surface area contributed by atoms with E-state index in [-0.39, 0.29) is 5.69 Å². The summed E-state index contributed by atoms with van der Waals surface area (Å²) in [4.78, 5) is 17.5. The molecule has 0 fully saturated rings. The number of imidazole rings is 1. The van der Waals surface area contributed by atoms with E-state index >= 15 is 0 Å². The lowest BCUT2D eigenvalue weighted by molar-refractivity contribution is 0.566. The van der Waals surface area contributed by atoms with Gasteiger partial charge in [-0.3, -0.25) is 14.1 Å². The monoisotopic (exact) mass is 445 g/mol. The Hall–Kier alpha value is -3.55.